The molecule has 0 saturated carbocycles. The minimum Gasteiger partial charge on any atom is -0.494 e. The van der Waals surface area contributed by atoms with E-state index in [-0.39, 0.29) is 11.9 Å². The van der Waals surface area contributed by atoms with Crippen LogP contribution in [0.15, 0.2) is 48.5 Å². The Kier molecular flexibility index (Phi) is 5.38. The number of ether oxygens (including phenoxy) is 1. The van der Waals surface area contributed by atoms with Gasteiger partial charge in [0.15, 0.2) is 0 Å². The van der Waals surface area contributed by atoms with Crippen molar-refractivity contribution in [3.8, 4) is 17.0 Å². The van der Waals surface area contributed by atoms with Crippen LogP contribution >= 0.6 is 0 Å². The molecule has 1 amide bonds. The molecule has 1 atom stereocenters. The normalized spacial score (nSPS) is 15.6. The second-order valence-corrected chi connectivity index (χ2v) is 7.49. The first-order valence-electron chi connectivity index (χ1n) is 10.3. The molecule has 1 unspecified atom stereocenters. The van der Waals surface area contributed by atoms with Gasteiger partial charge in [0, 0.05) is 17.7 Å². The van der Waals surface area contributed by atoms with E-state index in [9.17, 15) is 4.79 Å². The number of carbonyl (C=O) groups is 1. The van der Waals surface area contributed by atoms with Crippen LogP contribution in [0.4, 0.5) is 0 Å². The smallest absolute Gasteiger partial charge is 0.273 e. The third-order valence-corrected chi connectivity index (χ3v) is 5.43. The first-order valence-corrected chi connectivity index (χ1v) is 10.3. The molecule has 0 saturated heterocycles. The van der Waals surface area contributed by atoms with E-state index in [0.717, 1.165) is 41.0 Å². The van der Waals surface area contributed by atoms with Gasteiger partial charge in [-0.1, -0.05) is 55.3 Å². The highest BCUT2D eigenvalue weighted by atomic mass is 16.5. The zero-order chi connectivity index (χ0) is 20.4. The fourth-order valence-electron chi connectivity index (χ4n) is 3.97. The van der Waals surface area contributed by atoms with Crippen LogP contribution in [-0.2, 0) is 0 Å². The molecule has 3 aromatic rings. The number of unbranched alkanes of at least 4 members (excludes halogenated alkanes) is 1. The van der Waals surface area contributed by atoms with Crippen molar-refractivity contribution >= 4 is 5.91 Å². The lowest BCUT2D eigenvalue weighted by Gasteiger charge is -2.26. The Balaban J connectivity index is 1.83. The van der Waals surface area contributed by atoms with E-state index < -0.39 is 0 Å². The maximum absolute atomic E-state index is 13.2. The third kappa shape index (κ3) is 3.53. The van der Waals surface area contributed by atoms with Crippen molar-refractivity contribution in [1.29, 1.82) is 0 Å². The van der Waals surface area contributed by atoms with Crippen molar-refractivity contribution in [2.45, 2.75) is 39.7 Å². The molecule has 5 heteroatoms. The molecule has 1 aromatic heterocycles. The molecular formula is C24H27N3O2. The highest BCUT2D eigenvalue weighted by Crippen LogP contribution is 2.43. The summed E-state index contributed by atoms with van der Waals surface area (Å²) in [5, 5.41) is 7.56. The molecule has 0 aliphatic carbocycles. The van der Waals surface area contributed by atoms with E-state index in [0.29, 0.717) is 18.8 Å². The van der Waals surface area contributed by atoms with Gasteiger partial charge in [0.05, 0.1) is 18.3 Å². The molecule has 5 nitrogen and oxygen atoms in total. The predicted molar refractivity (Wildman–Crippen MR) is 114 cm³/mol. The van der Waals surface area contributed by atoms with Gasteiger partial charge < -0.3 is 9.64 Å². The van der Waals surface area contributed by atoms with Crippen molar-refractivity contribution in [2.75, 3.05) is 13.2 Å². The summed E-state index contributed by atoms with van der Waals surface area (Å²) >= 11 is 0. The number of H-pyrrole nitrogens is 1. The van der Waals surface area contributed by atoms with Gasteiger partial charge in [0.2, 0.25) is 0 Å². The maximum atomic E-state index is 13.2. The van der Waals surface area contributed by atoms with Gasteiger partial charge in [0.1, 0.15) is 11.4 Å². The summed E-state index contributed by atoms with van der Waals surface area (Å²) in [5.74, 6) is 0.841. The molecule has 0 spiro atoms. The van der Waals surface area contributed by atoms with Gasteiger partial charge in [-0.3, -0.25) is 9.89 Å². The number of benzene rings is 2. The van der Waals surface area contributed by atoms with Crippen LogP contribution in [0, 0.1) is 6.92 Å². The van der Waals surface area contributed by atoms with Crippen LogP contribution in [-0.4, -0.2) is 34.2 Å². The first kappa shape index (κ1) is 19.2. The molecule has 29 heavy (non-hydrogen) atoms. The quantitative estimate of drug-likeness (QED) is 0.609. The standard InChI is InChI=1S/C24H27N3O2/c1-4-6-14-27-23(18-8-7-9-19(15-18)29-5-2)20-21(25-26-22(20)24(27)28)17-12-10-16(3)11-13-17/h7-13,15,23H,4-6,14H2,1-3H3,(H,25,26). The zero-order valence-electron chi connectivity index (χ0n) is 17.2. The average molecular weight is 389 g/mol. The summed E-state index contributed by atoms with van der Waals surface area (Å²) in [4.78, 5) is 15.2. The highest BCUT2D eigenvalue weighted by molar-refractivity contribution is 6.00. The monoisotopic (exact) mass is 389 g/mol. The number of nitrogens with one attached hydrogen (secondary N) is 1. The van der Waals surface area contributed by atoms with E-state index in [1.807, 2.05) is 30.0 Å². The fraction of sp³-hybridized carbons (Fsp3) is 0.333. The number of aromatic nitrogens is 2. The molecule has 150 valence electrons. The molecule has 0 fully saturated rings. The SMILES string of the molecule is CCCCN1C(=O)c2[nH]nc(-c3ccc(C)cc3)c2C1c1cccc(OCC)c1. The molecule has 4 rings (SSSR count). The van der Waals surface area contributed by atoms with Crippen LogP contribution in [0.25, 0.3) is 11.3 Å². The Morgan fingerprint density at radius 2 is 1.93 bits per heavy atom. The number of carbonyl (C=O) groups excluding carboxylic acids is 1. The average Bonchev–Trinajstić information content (AvgIpc) is 3.27. The van der Waals surface area contributed by atoms with Crippen LogP contribution in [0.3, 0.4) is 0 Å². The summed E-state index contributed by atoms with van der Waals surface area (Å²) in [7, 11) is 0. The lowest BCUT2D eigenvalue weighted by atomic mass is 9.95. The van der Waals surface area contributed by atoms with E-state index in [1.54, 1.807) is 0 Å². The number of aromatic amines is 1. The number of fused-ring (bicyclic) bond motifs is 1. The van der Waals surface area contributed by atoms with E-state index in [1.165, 1.54) is 5.56 Å². The maximum Gasteiger partial charge on any atom is 0.273 e. The van der Waals surface area contributed by atoms with Crippen molar-refractivity contribution in [2.24, 2.45) is 0 Å². The highest BCUT2D eigenvalue weighted by Gasteiger charge is 2.41. The lowest BCUT2D eigenvalue weighted by Crippen LogP contribution is -2.30. The summed E-state index contributed by atoms with van der Waals surface area (Å²) in [6.45, 7) is 7.51. The minimum atomic E-state index is -0.167. The number of rotatable bonds is 7. The second-order valence-electron chi connectivity index (χ2n) is 7.49. The number of hydrogen-bond donors (Lipinski definition) is 1. The van der Waals surface area contributed by atoms with Gasteiger partial charge in [-0.15, -0.1) is 0 Å². The summed E-state index contributed by atoms with van der Waals surface area (Å²) < 4.78 is 5.72. The summed E-state index contributed by atoms with van der Waals surface area (Å²) in [5.41, 5.74) is 5.67. The Morgan fingerprint density at radius 3 is 2.66 bits per heavy atom. The molecule has 1 aliphatic rings. The number of nitrogens with zero attached hydrogens (tertiary/aromatic N) is 2. The molecular weight excluding hydrogens is 362 g/mol. The van der Waals surface area contributed by atoms with E-state index >= 15 is 0 Å². The Bertz CT molecular complexity index is 1010. The largest absolute Gasteiger partial charge is 0.494 e. The number of hydrogen-bond acceptors (Lipinski definition) is 3. The van der Waals surface area contributed by atoms with Crippen LogP contribution in [0.1, 0.15) is 59.9 Å². The fourth-order valence-corrected chi connectivity index (χ4v) is 3.97. The molecule has 2 aromatic carbocycles. The Morgan fingerprint density at radius 1 is 1.14 bits per heavy atom. The Labute approximate surface area is 171 Å². The van der Waals surface area contributed by atoms with Gasteiger partial charge in [0.25, 0.3) is 5.91 Å². The molecule has 1 aliphatic heterocycles. The van der Waals surface area contributed by atoms with Crippen molar-refractivity contribution in [1.82, 2.24) is 15.1 Å². The lowest BCUT2D eigenvalue weighted by molar-refractivity contribution is 0.0741. The van der Waals surface area contributed by atoms with Crippen molar-refractivity contribution in [3.05, 3.63) is 70.9 Å². The van der Waals surface area contributed by atoms with Gasteiger partial charge in [-0.25, -0.2) is 0 Å². The topological polar surface area (TPSA) is 58.2 Å². The Hall–Kier alpha value is -3.08. The van der Waals surface area contributed by atoms with E-state index in [2.05, 4.69) is 54.4 Å². The second kappa shape index (κ2) is 8.11. The number of amides is 1. The zero-order valence-corrected chi connectivity index (χ0v) is 17.2. The van der Waals surface area contributed by atoms with Crippen LogP contribution in [0.5, 0.6) is 5.75 Å². The molecule has 2 heterocycles. The number of aryl methyl sites for hydroxylation is 1. The third-order valence-electron chi connectivity index (χ3n) is 5.43. The molecule has 0 radical (unpaired) electrons. The molecule has 1 N–H and O–H groups in total. The van der Waals surface area contributed by atoms with Gasteiger partial charge >= 0.3 is 0 Å². The summed E-state index contributed by atoms with van der Waals surface area (Å²) in [6, 6.07) is 16.2. The van der Waals surface area contributed by atoms with Gasteiger partial charge in [-0.05, 0) is 38.0 Å². The van der Waals surface area contributed by atoms with Crippen LogP contribution < -0.4 is 4.74 Å². The van der Waals surface area contributed by atoms with Crippen molar-refractivity contribution < 1.29 is 9.53 Å². The predicted octanol–water partition coefficient (Wildman–Crippen LogP) is 5.13. The van der Waals surface area contributed by atoms with Gasteiger partial charge in [-0.2, -0.15) is 5.10 Å². The molecule has 0 bridgehead atoms. The summed E-state index contributed by atoms with van der Waals surface area (Å²) in [6.07, 6.45) is 2.00. The van der Waals surface area contributed by atoms with Crippen molar-refractivity contribution in [3.63, 3.8) is 0 Å². The first-order chi connectivity index (χ1) is 14.1. The minimum absolute atomic E-state index is 0.0196. The van der Waals surface area contributed by atoms with Crippen LogP contribution in [0.2, 0.25) is 0 Å². The van der Waals surface area contributed by atoms with E-state index in [4.69, 9.17) is 4.74 Å².